The highest BCUT2D eigenvalue weighted by Crippen LogP contribution is 2.38. The van der Waals surface area contributed by atoms with Crippen molar-refractivity contribution in [2.75, 3.05) is 18.6 Å². The zero-order chi connectivity index (χ0) is 16.9. The van der Waals surface area contributed by atoms with Crippen molar-refractivity contribution in [1.29, 1.82) is 0 Å². The van der Waals surface area contributed by atoms with E-state index in [1.54, 1.807) is 11.8 Å². The van der Waals surface area contributed by atoms with Crippen LogP contribution in [0, 0.1) is 0 Å². The topological polar surface area (TPSA) is 50.7 Å². The number of hydrogen-bond donors (Lipinski definition) is 1. The molecule has 0 aromatic heterocycles. The van der Waals surface area contributed by atoms with Crippen LogP contribution < -0.4 is 5.32 Å². The van der Waals surface area contributed by atoms with E-state index in [-0.39, 0.29) is 12.0 Å². The largest absolute Gasteiger partial charge is 0.462 e. The summed E-state index contributed by atoms with van der Waals surface area (Å²) in [6.45, 7) is 2.41. The number of cyclic esters (lactones) is 1. The molecule has 0 aliphatic carbocycles. The highest BCUT2D eigenvalue weighted by molar-refractivity contribution is 8.13. The van der Waals surface area contributed by atoms with E-state index in [2.05, 4.69) is 17.4 Å². The predicted molar refractivity (Wildman–Crippen MR) is 102 cm³/mol. The highest BCUT2D eigenvalue weighted by Gasteiger charge is 2.31. The maximum Gasteiger partial charge on any atom is 0.338 e. The summed E-state index contributed by atoms with van der Waals surface area (Å²) < 4.78 is 5.52. The fraction of sp³-hybridized carbons (Fsp3) is 0.444. The number of nitrogens with one attached hydrogen (secondary N) is 1. The number of esters is 1. The lowest BCUT2D eigenvalue weighted by Crippen LogP contribution is -2.30. The van der Waals surface area contributed by atoms with Crippen LogP contribution in [0.1, 0.15) is 37.8 Å². The molecule has 24 heavy (non-hydrogen) atoms. The number of carbonyl (C=O) groups is 1. The van der Waals surface area contributed by atoms with E-state index in [1.165, 1.54) is 4.90 Å². The van der Waals surface area contributed by atoms with Crippen molar-refractivity contribution in [3.05, 3.63) is 41.1 Å². The molecular formula is C18H22N2O2S2. The molecule has 2 aliphatic heterocycles. The van der Waals surface area contributed by atoms with Crippen molar-refractivity contribution >= 4 is 34.7 Å². The van der Waals surface area contributed by atoms with Crippen LogP contribution in [0.3, 0.4) is 0 Å². The molecule has 0 radical (unpaired) electrons. The van der Waals surface area contributed by atoms with Crippen molar-refractivity contribution in [2.45, 2.75) is 37.1 Å². The van der Waals surface area contributed by atoms with Crippen molar-refractivity contribution in [3.63, 3.8) is 0 Å². The van der Waals surface area contributed by atoms with E-state index in [1.807, 2.05) is 37.1 Å². The number of aliphatic imine (C=N–C) groups is 1. The van der Waals surface area contributed by atoms with Crippen LogP contribution in [-0.2, 0) is 9.53 Å². The van der Waals surface area contributed by atoms with Gasteiger partial charge in [-0.25, -0.2) is 9.79 Å². The van der Waals surface area contributed by atoms with Gasteiger partial charge in [-0.05, 0) is 49.8 Å². The van der Waals surface area contributed by atoms with Crippen LogP contribution in [0.4, 0.5) is 0 Å². The molecule has 4 nitrogen and oxygen atoms in total. The Hall–Kier alpha value is -1.40. The second kappa shape index (κ2) is 8.12. The molecule has 0 unspecified atom stereocenters. The van der Waals surface area contributed by atoms with Gasteiger partial charge in [0.25, 0.3) is 0 Å². The number of carbonyl (C=O) groups excluding carboxylic acids is 1. The van der Waals surface area contributed by atoms with Gasteiger partial charge in [-0.15, -0.1) is 11.8 Å². The van der Waals surface area contributed by atoms with Gasteiger partial charge in [0.05, 0.1) is 12.2 Å². The molecule has 0 spiro atoms. The van der Waals surface area contributed by atoms with Crippen molar-refractivity contribution < 1.29 is 9.53 Å². The molecule has 6 heteroatoms. The first-order valence-corrected chi connectivity index (χ1v) is 10.4. The highest BCUT2D eigenvalue weighted by atomic mass is 32.2. The van der Waals surface area contributed by atoms with Gasteiger partial charge in [0, 0.05) is 10.6 Å². The van der Waals surface area contributed by atoms with Crippen LogP contribution >= 0.6 is 23.5 Å². The Morgan fingerprint density at radius 2 is 2.12 bits per heavy atom. The number of rotatable bonds is 0. The first-order valence-electron chi connectivity index (χ1n) is 8.19. The first-order chi connectivity index (χ1) is 11.7. The van der Waals surface area contributed by atoms with Gasteiger partial charge < -0.3 is 10.1 Å². The Bertz CT molecular complexity index is 685. The Labute approximate surface area is 151 Å². The molecule has 1 aromatic carbocycles. The van der Waals surface area contributed by atoms with Crippen molar-refractivity contribution in [3.8, 4) is 0 Å². The molecule has 0 amide bonds. The zero-order valence-corrected chi connectivity index (χ0v) is 15.6. The van der Waals surface area contributed by atoms with Crippen LogP contribution in [-0.4, -0.2) is 29.8 Å². The monoisotopic (exact) mass is 362 g/mol. The number of fused-ring (bicyclic) bond motifs is 3. The number of benzene rings is 1. The lowest BCUT2D eigenvalue weighted by molar-refractivity contribution is -0.139. The van der Waals surface area contributed by atoms with E-state index in [0.717, 1.165) is 41.4 Å². The molecule has 2 aliphatic rings. The summed E-state index contributed by atoms with van der Waals surface area (Å²) in [6.07, 6.45) is 5.11. The van der Waals surface area contributed by atoms with E-state index in [4.69, 9.17) is 9.73 Å². The van der Waals surface area contributed by atoms with E-state index < -0.39 is 0 Å². The number of ether oxygens (including phenoxy) is 1. The van der Waals surface area contributed by atoms with Crippen LogP contribution in [0.25, 0.3) is 0 Å². The third-order valence-electron chi connectivity index (χ3n) is 4.12. The molecule has 0 saturated heterocycles. The van der Waals surface area contributed by atoms with E-state index >= 15 is 0 Å². The summed E-state index contributed by atoms with van der Waals surface area (Å²) in [6, 6.07) is 7.96. The third kappa shape index (κ3) is 3.81. The minimum atomic E-state index is -0.302. The van der Waals surface area contributed by atoms with Crippen molar-refractivity contribution in [1.82, 2.24) is 5.32 Å². The van der Waals surface area contributed by atoms with Gasteiger partial charge in [-0.1, -0.05) is 30.0 Å². The quantitative estimate of drug-likeness (QED) is 0.703. The zero-order valence-electron chi connectivity index (χ0n) is 14.0. The number of allylic oxidation sites excluding steroid dienone is 1. The summed E-state index contributed by atoms with van der Waals surface area (Å²) in [7, 11) is 0. The van der Waals surface area contributed by atoms with Crippen LogP contribution in [0.15, 0.2) is 45.4 Å². The van der Waals surface area contributed by atoms with E-state index in [9.17, 15) is 4.79 Å². The normalized spacial score (nSPS) is 22.2. The second-order valence-electron chi connectivity index (χ2n) is 5.79. The first kappa shape index (κ1) is 17.4. The molecule has 0 fully saturated rings. The van der Waals surface area contributed by atoms with E-state index in [0.29, 0.717) is 12.2 Å². The SMILES string of the molecule is CSC1=N[C@H]2C(=C(C)N1)C(=O)OCCCCCSc1ccccc12. The second-order valence-corrected chi connectivity index (χ2v) is 7.72. The minimum Gasteiger partial charge on any atom is -0.462 e. The van der Waals surface area contributed by atoms with Crippen LogP contribution in [0.5, 0.6) is 0 Å². The summed E-state index contributed by atoms with van der Waals surface area (Å²) in [4.78, 5) is 18.7. The molecule has 128 valence electrons. The smallest absolute Gasteiger partial charge is 0.338 e. The third-order valence-corrected chi connectivity index (χ3v) is 5.89. The summed E-state index contributed by atoms with van der Waals surface area (Å²) in [5, 5.41) is 4.06. The molecule has 2 heterocycles. The molecule has 0 saturated carbocycles. The Morgan fingerprint density at radius 1 is 1.29 bits per heavy atom. The predicted octanol–water partition coefficient (Wildman–Crippen LogP) is 4.14. The molecule has 0 bridgehead atoms. The summed E-state index contributed by atoms with van der Waals surface area (Å²) >= 11 is 3.41. The number of thioether (sulfide) groups is 2. The number of hydrogen-bond acceptors (Lipinski definition) is 6. The van der Waals surface area contributed by atoms with Gasteiger partial charge in [0.15, 0.2) is 5.17 Å². The Kier molecular flexibility index (Phi) is 5.89. The van der Waals surface area contributed by atoms with Gasteiger partial charge in [-0.2, -0.15) is 0 Å². The lowest BCUT2D eigenvalue weighted by atomic mass is 9.96. The summed E-state index contributed by atoms with van der Waals surface area (Å²) in [5.74, 6) is 0.821. The molecule has 3 rings (SSSR count). The number of nitrogens with zero attached hydrogens (tertiary/aromatic N) is 1. The average molecular weight is 363 g/mol. The fourth-order valence-corrected chi connectivity index (χ4v) is 4.44. The molecule has 1 N–H and O–H groups in total. The number of amidine groups is 1. The Balaban J connectivity index is 2.07. The van der Waals surface area contributed by atoms with Gasteiger partial charge >= 0.3 is 5.97 Å². The fourth-order valence-electron chi connectivity index (χ4n) is 2.88. The minimum absolute atomic E-state index is 0.255. The molecule has 1 aromatic rings. The van der Waals surface area contributed by atoms with Crippen molar-refractivity contribution in [2.24, 2.45) is 4.99 Å². The van der Waals surface area contributed by atoms with Gasteiger partial charge in [-0.3, -0.25) is 0 Å². The maximum absolute atomic E-state index is 12.7. The summed E-state index contributed by atoms with van der Waals surface area (Å²) in [5.41, 5.74) is 2.55. The standard InChI is InChI=1S/C18H22N2O2S2/c1-12-15-16(20-18(19-12)23-2)13-8-4-5-9-14(13)24-11-7-3-6-10-22-17(15)21/h4-5,8-9,16H,3,6-7,10-11H2,1-2H3,(H,19,20)/t16-/m1/s1. The molecular weight excluding hydrogens is 340 g/mol. The lowest BCUT2D eigenvalue weighted by Gasteiger charge is -2.27. The molecule has 1 atom stereocenters. The average Bonchev–Trinajstić information content (AvgIpc) is 2.59. The Morgan fingerprint density at radius 3 is 2.96 bits per heavy atom. The maximum atomic E-state index is 12.7. The van der Waals surface area contributed by atoms with Gasteiger partial charge in [0.1, 0.15) is 6.04 Å². The van der Waals surface area contributed by atoms with Gasteiger partial charge in [0.2, 0.25) is 0 Å². The van der Waals surface area contributed by atoms with Crippen LogP contribution in [0.2, 0.25) is 0 Å².